The monoisotopic (exact) mass is 630 g/mol. The van der Waals surface area contributed by atoms with Crippen LogP contribution in [0.15, 0.2) is 11.6 Å². The first kappa shape index (κ1) is 35.4. The molecule has 45 heavy (non-hydrogen) atoms. The Morgan fingerprint density at radius 3 is 2.29 bits per heavy atom. The average molecular weight is 630 g/mol. The maximum absolute atomic E-state index is 13.4. The second-order valence-electron chi connectivity index (χ2n) is 18.9. The van der Waals surface area contributed by atoms with Crippen LogP contribution in [0.1, 0.15) is 115 Å². The van der Waals surface area contributed by atoms with Gasteiger partial charge in [0.15, 0.2) is 0 Å². The number of carboxylic acids is 1. The standard InChI is InChI=1S/C39H67NO5/c1-24(2)25(3)34(7)18-19-36(9)26-14-15-29-35(8)21-44-23-39(29,27(26)16-17-37(36,10)30(34)32(41)42)20-28(43-13)31(35)45-22-38(11,40-12)33(4,5)6/h16,24-26,28-31,40H,14-15,17-23H2,1-13H3,(H,41,42)/t25-,26+,28-,29+,30-,31+,34-,35?,36-,37+,38+,39+/m1/s1. The molecule has 1 heterocycles. The summed E-state index contributed by atoms with van der Waals surface area (Å²) in [6.45, 7) is 27.4. The van der Waals surface area contributed by atoms with Gasteiger partial charge in [0.05, 0.1) is 37.9 Å². The minimum Gasteiger partial charge on any atom is -0.481 e. The molecule has 2 bridgehead atoms. The van der Waals surface area contributed by atoms with E-state index < -0.39 is 5.97 Å². The van der Waals surface area contributed by atoms with Crippen LogP contribution in [-0.2, 0) is 19.0 Å². The molecule has 0 spiro atoms. The van der Waals surface area contributed by atoms with Crippen molar-refractivity contribution in [3.8, 4) is 0 Å². The Kier molecular flexibility index (Phi) is 8.88. The number of allylic oxidation sites excluding steroid dienone is 1. The van der Waals surface area contributed by atoms with Crippen molar-refractivity contribution in [1.29, 1.82) is 0 Å². The number of ether oxygens (including phenoxy) is 3. The molecule has 4 fully saturated rings. The van der Waals surface area contributed by atoms with Gasteiger partial charge in [0, 0.05) is 23.5 Å². The fourth-order valence-corrected chi connectivity index (χ4v) is 12.0. The summed E-state index contributed by atoms with van der Waals surface area (Å²) in [5.41, 5.74) is 0.518. The molecule has 12 atom stereocenters. The Morgan fingerprint density at radius 2 is 1.73 bits per heavy atom. The van der Waals surface area contributed by atoms with Gasteiger partial charge in [0.25, 0.3) is 0 Å². The quantitative estimate of drug-likeness (QED) is 0.265. The Hall–Kier alpha value is -0.950. The van der Waals surface area contributed by atoms with E-state index in [9.17, 15) is 9.90 Å². The van der Waals surface area contributed by atoms with Gasteiger partial charge in [-0.15, -0.1) is 0 Å². The molecule has 0 aromatic carbocycles. The van der Waals surface area contributed by atoms with Crippen molar-refractivity contribution in [1.82, 2.24) is 5.32 Å². The summed E-state index contributed by atoms with van der Waals surface area (Å²) in [7, 11) is 3.90. The van der Waals surface area contributed by atoms with Crippen LogP contribution in [0.4, 0.5) is 0 Å². The SMILES string of the molecule is CN[C@@](C)(CO[C@H]1[C@H](OC)C[C@@]23COCC1(C)[C@@H]2CC[C@H]1C3=CC[C@@]2(C)[C@H](C(=O)O)[C@@](C)([C@H](C)C(C)C)CC[C@]12C)C(C)(C)C. The number of methoxy groups -OCH3 is 1. The van der Waals surface area contributed by atoms with E-state index in [1.54, 1.807) is 5.57 Å². The molecule has 2 N–H and O–H groups in total. The molecular weight excluding hydrogens is 562 g/mol. The number of likely N-dealkylation sites (N-methyl/N-ethyl adjacent to an activating group) is 1. The molecule has 0 radical (unpaired) electrons. The highest BCUT2D eigenvalue weighted by molar-refractivity contribution is 5.73. The summed E-state index contributed by atoms with van der Waals surface area (Å²) in [5.74, 6) is 0.629. The molecule has 4 aliphatic carbocycles. The number of hydrogen-bond acceptors (Lipinski definition) is 5. The summed E-state index contributed by atoms with van der Waals surface area (Å²) in [4.78, 5) is 13.4. The number of nitrogens with one attached hydrogen (secondary N) is 1. The molecule has 5 rings (SSSR count). The predicted octanol–water partition coefficient (Wildman–Crippen LogP) is 8.00. The molecule has 6 nitrogen and oxygen atoms in total. The zero-order valence-electron chi connectivity index (χ0n) is 31.1. The fraction of sp³-hybridized carbons (Fsp3) is 0.923. The zero-order chi connectivity index (χ0) is 33.6. The Morgan fingerprint density at radius 1 is 1.07 bits per heavy atom. The molecule has 1 saturated heterocycles. The van der Waals surface area contributed by atoms with Crippen LogP contribution in [0.3, 0.4) is 0 Å². The molecule has 258 valence electrons. The number of rotatable bonds is 8. The van der Waals surface area contributed by atoms with E-state index in [4.69, 9.17) is 14.2 Å². The van der Waals surface area contributed by atoms with E-state index in [-0.39, 0.29) is 56.2 Å². The molecule has 0 aromatic rings. The first-order valence-corrected chi connectivity index (χ1v) is 18.1. The Labute approximate surface area is 275 Å². The predicted molar refractivity (Wildman–Crippen MR) is 181 cm³/mol. The van der Waals surface area contributed by atoms with Crippen molar-refractivity contribution < 1.29 is 24.1 Å². The van der Waals surface area contributed by atoms with E-state index in [1.165, 1.54) is 0 Å². The van der Waals surface area contributed by atoms with Gasteiger partial charge >= 0.3 is 5.97 Å². The van der Waals surface area contributed by atoms with Crippen LogP contribution in [0, 0.1) is 62.1 Å². The average Bonchev–Trinajstić information content (AvgIpc) is 2.95. The van der Waals surface area contributed by atoms with E-state index in [0.717, 1.165) is 45.1 Å². The highest BCUT2D eigenvalue weighted by Gasteiger charge is 2.71. The molecule has 3 saturated carbocycles. The third kappa shape index (κ3) is 4.79. The van der Waals surface area contributed by atoms with Gasteiger partial charge in [-0.3, -0.25) is 4.79 Å². The van der Waals surface area contributed by atoms with E-state index >= 15 is 0 Å². The summed E-state index contributed by atoms with van der Waals surface area (Å²) in [6, 6.07) is 0. The lowest BCUT2D eigenvalue weighted by atomic mass is 9.34. The largest absolute Gasteiger partial charge is 0.481 e. The van der Waals surface area contributed by atoms with Gasteiger partial charge in [0.1, 0.15) is 0 Å². The number of fused-ring (bicyclic) bond motifs is 3. The molecule has 5 aliphatic rings. The van der Waals surface area contributed by atoms with Crippen molar-refractivity contribution in [2.24, 2.45) is 62.1 Å². The number of aliphatic carboxylic acids is 1. The number of carboxylic acid groups (broad SMARTS) is 1. The van der Waals surface area contributed by atoms with Crippen molar-refractivity contribution >= 4 is 5.97 Å². The van der Waals surface area contributed by atoms with Crippen molar-refractivity contribution in [3.63, 3.8) is 0 Å². The lowest BCUT2D eigenvalue weighted by molar-refractivity contribution is -0.270. The van der Waals surface area contributed by atoms with Crippen LogP contribution in [0.25, 0.3) is 0 Å². The molecular formula is C39H67NO5. The number of carbonyl (C=O) groups is 1. The second-order valence-corrected chi connectivity index (χ2v) is 18.9. The lowest BCUT2D eigenvalue weighted by Crippen LogP contribution is -2.70. The second kappa shape index (κ2) is 11.3. The highest BCUT2D eigenvalue weighted by Crippen LogP contribution is 2.75. The van der Waals surface area contributed by atoms with E-state index in [0.29, 0.717) is 36.9 Å². The first-order valence-electron chi connectivity index (χ1n) is 18.1. The van der Waals surface area contributed by atoms with Crippen LogP contribution in [0.5, 0.6) is 0 Å². The smallest absolute Gasteiger partial charge is 0.307 e. The van der Waals surface area contributed by atoms with Gasteiger partial charge in [-0.05, 0) is 97.8 Å². The van der Waals surface area contributed by atoms with Gasteiger partial charge in [0.2, 0.25) is 0 Å². The zero-order valence-corrected chi connectivity index (χ0v) is 31.1. The van der Waals surface area contributed by atoms with Crippen molar-refractivity contribution in [2.45, 2.75) is 132 Å². The summed E-state index contributed by atoms with van der Waals surface area (Å²) in [5, 5.41) is 14.5. The normalized spacial score (nSPS) is 46.7. The highest BCUT2D eigenvalue weighted by atomic mass is 16.5. The van der Waals surface area contributed by atoms with Gasteiger partial charge in [-0.25, -0.2) is 0 Å². The van der Waals surface area contributed by atoms with Crippen LogP contribution in [0.2, 0.25) is 0 Å². The van der Waals surface area contributed by atoms with Crippen LogP contribution in [-0.4, -0.2) is 62.8 Å². The summed E-state index contributed by atoms with van der Waals surface area (Å²) in [6.07, 6.45) is 8.47. The van der Waals surface area contributed by atoms with Crippen molar-refractivity contribution in [3.05, 3.63) is 11.6 Å². The minimum absolute atomic E-state index is 0.0229. The van der Waals surface area contributed by atoms with Crippen molar-refractivity contribution in [2.75, 3.05) is 34.0 Å². The summed E-state index contributed by atoms with van der Waals surface area (Å²) >= 11 is 0. The van der Waals surface area contributed by atoms with Gasteiger partial charge in [-0.1, -0.05) is 80.9 Å². The third-order valence-electron chi connectivity index (χ3n) is 16.1. The Balaban J connectivity index is 1.54. The first-order chi connectivity index (χ1) is 20.7. The fourth-order valence-electron chi connectivity index (χ4n) is 12.0. The molecule has 1 unspecified atom stereocenters. The maximum atomic E-state index is 13.4. The third-order valence-corrected chi connectivity index (χ3v) is 16.1. The topological polar surface area (TPSA) is 77.0 Å². The van der Waals surface area contributed by atoms with E-state index in [2.05, 4.69) is 87.6 Å². The van der Waals surface area contributed by atoms with Gasteiger partial charge in [-0.2, -0.15) is 0 Å². The van der Waals surface area contributed by atoms with E-state index in [1.807, 2.05) is 14.2 Å². The summed E-state index contributed by atoms with van der Waals surface area (Å²) < 4.78 is 20.1. The molecule has 0 amide bonds. The molecule has 6 heteroatoms. The number of hydrogen-bond donors (Lipinski definition) is 2. The van der Waals surface area contributed by atoms with Crippen LogP contribution < -0.4 is 5.32 Å². The van der Waals surface area contributed by atoms with Crippen LogP contribution >= 0.6 is 0 Å². The molecule has 1 aliphatic heterocycles. The Bertz CT molecular complexity index is 1180. The molecule has 0 aromatic heterocycles. The maximum Gasteiger partial charge on any atom is 0.307 e. The van der Waals surface area contributed by atoms with Gasteiger partial charge < -0.3 is 24.6 Å². The minimum atomic E-state index is -0.600. The lowest BCUT2D eigenvalue weighted by Gasteiger charge is -2.71.